The zero-order valence-corrected chi connectivity index (χ0v) is 23.9. The number of aromatic hydroxyl groups is 2. The molecule has 0 bridgehead atoms. The largest absolute Gasteiger partial charge is 0.507 e. The van der Waals surface area contributed by atoms with Gasteiger partial charge >= 0.3 is 11.9 Å². The Balaban J connectivity index is 1.39. The molecule has 0 radical (unpaired) electrons. The lowest BCUT2D eigenvalue weighted by molar-refractivity contribution is -0.376. The van der Waals surface area contributed by atoms with Crippen molar-refractivity contribution in [2.24, 2.45) is 0 Å². The molecular formula is C28H34O17. The number of rotatable bonds is 10. The molecular weight excluding hydrogens is 608 g/mol. The van der Waals surface area contributed by atoms with Crippen molar-refractivity contribution < 1.29 is 83.6 Å². The molecule has 0 saturated carbocycles. The average molecular weight is 643 g/mol. The van der Waals surface area contributed by atoms with Crippen molar-refractivity contribution >= 4 is 11.9 Å². The predicted molar refractivity (Wildman–Crippen MR) is 144 cm³/mol. The minimum atomic E-state index is -1.94. The Morgan fingerprint density at radius 2 is 1.00 bits per heavy atom. The van der Waals surface area contributed by atoms with E-state index in [9.17, 15) is 50.4 Å². The number of carbonyl (C=O) groups excluding carboxylic acids is 2. The van der Waals surface area contributed by atoms with E-state index >= 15 is 0 Å². The minimum absolute atomic E-state index is 0.241. The summed E-state index contributed by atoms with van der Waals surface area (Å²) in [6.07, 6.45) is -18.0. The number of methoxy groups -OCH3 is 2. The van der Waals surface area contributed by atoms with E-state index in [-0.39, 0.29) is 22.6 Å². The van der Waals surface area contributed by atoms with Gasteiger partial charge in [-0.2, -0.15) is 0 Å². The summed E-state index contributed by atoms with van der Waals surface area (Å²) in [5.74, 6) is -2.40. The fourth-order valence-corrected chi connectivity index (χ4v) is 4.56. The Hall–Kier alpha value is -3.78. The highest BCUT2D eigenvalue weighted by Crippen LogP contribution is 2.30. The molecule has 17 heteroatoms. The van der Waals surface area contributed by atoms with E-state index < -0.39 is 98.1 Å². The lowest BCUT2D eigenvalue weighted by atomic mass is 9.98. The summed E-state index contributed by atoms with van der Waals surface area (Å²) < 4.78 is 36.5. The summed E-state index contributed by atoms with van der Waals surface area (Å²) in [6, 6.07) is 7.59. The van der Waals surface area contributed by atoms with Crippen molar-refractivity contribution in [3.8, 4) is 23.0 Å². The van der Waals surface area contributed by atoms with Gasteiger partial charge in [-0.05, 0) is 24.3 Å². The smallest absolute Gasteiger partial charge is 0.342 e. The highest BCUT2D eigenvalue weighted by Gasteiger charge is 2.50. The van der Waals surface area contributed by atoms with Crippen molar-refractivity contribution in [3.63, 3.8) is 0 Å². The number of hydrogen-bond acceptors (Lipinski definition) is 17. The third kappa shape index (κ3) is 7.55. The molecule has 2 aliphatic rings. The fourth-order valence-electron chi connectivity index (χ4n) is 4.56. The second kappa shape index (κ2) is 14.5. The van der Waals surface area contributed by atoms with Crippen LogP contribution in [0.3, 0.4) is 0 Å². The van der Waals surface area contributed by atoms with Crippen molar-refractivity contribution in [1.29, 1.82) is 0 Å². The number of aliphatic hydroxyl groups is 6. The number of esters is 2. The summed E-state index contributed by atoms with van der Waals surface area (Å²) in [5, 5.41) is 82.6. The normalized spacial score (nSPS) is 31.6. The van der Waals surface area contributed by atoms with Gasteiger partial charge in [-0.25, -0.2) is 9.59 Å². The van der Waals surface area contributed by atoms with Gasteiger partial charge in [0.25, 0.3) is 0 Å². The van der Waals surface area contributed by atoms with E-state index in [1.807, 2.05) is 0 Å². The second-order valence-electron chi connectivity index (χ2n) is 10.1. The molecule has 2 aliphatic heterocycles. The van der Waals surface area contributed by atoms with Crippen LogP contribution in [0.15, 0.2) is 36.4 Å². The van der Waals surface area contributed by atoms with Gasteiger partial charge in [0.1, 0.15) is 96.2 Å². The van der Waals surface area contributed by atoms with Gasteiger partial charge in [0, 0.05) is 12.1 Å². The van der Waals surface area contributed by atoms with Crippen LogP contribution in [0, 0.1) is 0 Å². The lowest BCUT2D eigenvalue weighted by Gasteiger charge is -2.44. The van der Waals surface area contributed by atoms with Gasteiger partial charge in [-0.15, -0.1) is 0 Å². The molecule has 0 spiro atoms. The van der Waals surface area contributed by atoms with Crippen LogP contribution in [-0.2, 0) is 23.7 Å². The molecule has 2 saturated heterocycles. The Morgan fingerprint density at radius 1 is 0.622 bits per heavy atom. The molecule has 2 heterocycles. The van der Waals surface area contributed by atoms with Crippen LogP contribution in [0.2, 0.25) is 0 Å². The quantitative estimate of drug-likeness (QED) is 0.127. The van der Waals surface area contributed by atoms with Crippen molar-refractivity contribution in [3.05, 3.63) is 47.5 Å². The Kier molecular flexibility index (Phi) is 11.0. The molecule has 10 unspecified atom stereocenters. The predicted octanol–water partition coefficient (Wildman–Crippen LogP) is -2.24. The first-order valence-corrected chi connectivity index (χ1v) is 13.5. The first-order chi connectivity index (χ1) is 21.4. The van der Waals surface area contributed by atoms with Crippen molar-refractivity contribution in [1.82, 2.24) is 0 Å². The maximum atomic E-state index is 12.5. The molecule has 2 aromatic carbocycles. The monoisotopic (exact) mass is 642 g/mol. The number of phenolic OH excluding ortho intramolecular Hbond substituents is 2. The SMILES string of the molecule is COc1ccc(C(=O)OCC2OC(OC3OC(COC(=O)c4ccc(OC)cc4O)C(O)C(O)C3O)C(O)C(O)C2O)c(O)c1. The summed E-state index contributed by atoms with van der Waals surface area (Å²) in [4.78, 5) is 25.0. The molecule has 248 valence electrons. The van der Waals surface area contributed by atoms with Crippen LogP contribution in [0.5, 0.6) is 23.0 Å². The van der Waals surface area contributed by atoms with Gasteiger partial charge in [-0.3, -0.25) is 0 Å². The molecule has 4 rings (SSSR count). The topological polar surface area (TPSA) is 261 Å². The molecule has 8 N–H and O–H groups in total. The van der Waals surface area contributed by atoms with Gasteiger partial charge in [0.2, 0.25) is 0 Å². The third-order valence-electron chi connectivity index (χ3n) is 7.21. The lowest BCUT2D eigenvalue weighted by Crippen LogP contribution is -2.64. The highest BCUT2D eigenvalue weighted by molar-refractivity contribution is 5.93. The van der Waals surface area contributed by atoms with Crippen LogP contribution in [0.1, 0.15) is 20.7 Å². The van der Waals surface area contributed by atoms with E-state index in [4.69, 9.17) is 33.2 Å². The van der Waals surface area contributed by atoms with Gasteiger partial charge < -0.3 is 74.0 Å². The maximum Gasteiger partial charge on any atom is 0.342 e. The minimum Gasteiger partial charge on any atom is -0.507 e. The number of carbonyl (C=O) groups is 2. The van der Waals surface area contributed by atoms with E-state index in [2.05, 4.69) is 0 Å². The Bertz CT molecular complexity index is 1240. The highest BCUT2D eigenvalue weighted by atomic mass is 16.8. The number of benzene rings is 2. The number of hydrogen-bond donors (Lipinski definition) is 8. The standard InChI is InChI=1S/C28H34O17/c1-39-11-3-5-13(15(29)7-11)25(37)41-9-17-19(31)21(33)23(35)27(43-17)45-28-24(36)22(34)20(32)18(44-28)10-42-26(38)14-6-4-12(40-2)8-16(14)30/h3-8,17-24,27-36H,9-10H2,1-2H3. The van der Waals surface area contributed by atoms with Crippen molar-refractivity contribution in [2.45, 2.75) is 61.4 Å². The maximum absolute atomic E-state index is 12.5. The van der Waals surface area contributed by atoms with Gasteiger partial charge in [0.05, 0.1) is 14.2 Å². The molecule has 0 aliphatic carbocycles. The molecule has 2 fully saturated rings. The van der Waals surface area contributed by atoms with Crippen molar-refractivity contribution in [2.75, 3.05) is 27.4 Å². The number of aliphatic hydroxyl groups excluding tert-OH is 6. The summed E-state index contributed by atoms with van der Waals surface area (Å²) in [6.45, 7) is -1.39. The van der Waals surface area contributed by atoms with Gasteiger partial charge in [-0.1, -0.05) is 0 Å². The molecule has 17 nitrogen and oxygen atoms in total. The second-order valence-corrected chi connectivity index (χ2v) is 10.1. The van der Waals surface area contributed by atoms with E-state index in [1.54, 1.807) is 0 Å². The number of phenols is 2. The third-order valence-corrected chi connectivity index (χ3v) is 7.21. The molecule has 0 amide bonds. The van der Waals surface area contributed by atoms with E-state index in [1.165, 1.54) is 50.6 Å². The summed E-state index contributed by atoms with van der Waals surface area (Å²) >= 11 is 0. The molecule has 2 aromatic rings. The fraction of sp³-hybridized carbons (Fsp3) is 0.500. The zero-order chi connectivity index (χ0) is 33.0. The summed E-state index contributed by atoms with van der Waals surface area (Å²) in [5.41, 5.74) is -0.482. The first-order valence-electron chi connectivity index (χ1n) is 13.5. The van der Waals surface area contributed by atoms with Gasteiger partial charge in [0.15, 0.2) is 12.6 Å². The van der Waals surface area contributed by atoms with E-state index in [0.717, 1.165) is 0 Å². The molecule has 45 heavy (non-hydrogen) atoms. The van der Waals surface area contributed by atoms with Crippen LogP contribution in [-0.4, -0.2) is 142 Å². The first kappa shape index (κ1) is 34.1. The van der Waals surface area contributed by atoms with E-state index in [0.29, 0.717) is 0 Å². The van der Waals surface area contributed by atoms with Crippen LogP contribution >= 0.6 is 0 Å². The Labute approximate surface area is 255 Å². The number of ether oxygens (including phenoxy) is 7. The zero-order valence-electron chi connectivity index (χ0n) is 23.9. The van der Waals surface area contributed by atoms with Crippen LogP contribution in [0.4, 0.5) is 0 Å². The molecule has 0 aromatic heterocycles. The van der Waals surface area contributed by atoms with Crippen LogP contribution < -0.4 is 9.47 Å². The summed E-state index contributed by atoms with van der Waals surface area (Å²) in [7, 11) is 2.72. The molecule has 10 atom stereocenters. The van der Waals surface area contributed by atoms with Crippen LogP contribution in [0.25, 0.3) is 0 Å². The Morgan fingerprint density at radius 3 is 1.33 bits per heavy atom. The average Bonchev–Trinajstić information content (AvgIpc) is 3.03.